The minimum absolute atomic E-state index is 0.0807. The molecule has 37 heavy (non-hydrogen) atoms. The van der Waals surface area contributed by atoms with Crippen LogP contribution in [0.3, 0.4) is 0 Å². The van der Waals surface area contributed by atoms with Crippen LogP contribution < -0.4 is 32.7 Å². The van der Waals surface area contributed by atoms with Gasteiger partial charge in [-0.3, -0.25) is 9.59 Å². The second kappa shape index (κ2) is 12.0. The SMILES string of the molecule is CNc1c(-c2ccc(C[C@H](NC(=O)C3(CCOC)CCCC3)C(=O)O)cc2)c(=O)n(NC)c(=O)n1NC. The third kappa shape index (κ3) is 5.63. The topological polar surface area (TPSA) is 156 Å². The predicted molar refractivity (Wildman–Crippen MR) is 141 cm³/mol. The standard InChI is InChI=1S/C25H36N6O6/c1-26-20-19(21(32)31(28-3)24(36)30(20)27-2)17-9-7-16(8-10-17)15-18(22(33)34)29-23(35)25(13-14-37-4)11-5-6-12-25/h7-10,18,26-28H,5-6,11-15H2,1-4H3,(H,29,35)(H,33,34)/t18-/m0/s1. The number of carboxylic acid groups (broad SMARTS) is 1. The average Bonchev–Trinajstić information content (AvgIpc) is 3.38. The lowest BCUT2D eigenvalue weighted by Gasteiger charge is -2.29. The molecule has 1 saturated carbocycles. The Kier molecular flexibility index (Phi) is 8.98. The molecule has 0 radical (unpaired) electrons. The van der Waals surface area contributed by atoms with Crippen LogP contribution in [-0.4, -0.2) is 67.2 Å². The second-order valence-electron chi connectivity index (χ2n) is 9.17. The number of aliphatic carboxylic acids is 1. The van der Waals surface area contributed by atoms with Crippen molar-refractivity contribution in [1.82, 2.24) is 14.7 Å². The van der Waals surface area contributed by atoms with E-state index in [9.17, 15) is 24.3 Å². The van der Waals surface area contributed by atoms with E-state index in [2.05, 4.69) is 21.5 Å². The number of carbonyl (C=O) groups excluding carboxylic acids is 1. The van der Waals surface area contributed by atoms with Gasteiger partial charge in [-0.25, -0.2) is 9.59 Å². The number of ether oxygens (including phenoxy) is 1. The van der Waals surface area contributed by atoms with Crippen LogP contribution in [-0.2, 0) is 20.7 Å². The normalized spacial score (nSPS) is 15.1. The summed E-state index contributed by atoms with van der Waals surface area (Å²) < 4.78 is 7.28. The van der Waals surface area contributed by atoms with Gasteiger partial charge in [-0.15, -0.1) is 0 Å². The first-order valence-electron chi connectivity index (χ1n) is 12.3. The molecule has 0 aliphatic heterocycles. The van der Waals surface area contributed by atoms with Gasteiger partial charge in [0, 0.05) is 41.3 Å². The van der Waals surface area contributed by atoms with Crippen molar-refractivity contribution in [3.63, 3.8) is 0 Å². The van der Waals surface area contributed by atoms with E-state index in [1.807, 2.05) is 0 Å². The molecule has 0 unspecified atom stereocenters. The van der Waals surface area contributed by atoms with Gasteiger partial charge in [0.15, 0.2) is 0 Å². The van der Waals surface area contributed by atoms with Crippen LogP contribution >= 0.6 is 0 Å². The zero-order valence-electron chi connectivity index (χ0n) is 21.7. The van der Waals surface area contributed by atoms with Gasteiger partial charge in [0.25, 0.3) is 5.56 Å². The molecule has 0 saturated heterocycles. The molecule has 0 spiro atoms. The van der Waals surface area contributed by atoms with E-state index >= 15 is 0 Å². The zero-order chi connectivity index (χ0) is 27.2. The fourth-order valence-electron chi connectivity index (χ4n) is 5.00. The van der Waals surface area contributed by atoms with Gasteiger partial charge < -0.3 is 31.3 Å². The second-order valence-corrected chi connectivity index (χ2v) is 9.17. The van der Waals surface area contributed by atoms with E-state index in [-0.39, 0.29) is 23.7 Å². The van der Waals surface area contributed by atoms with E-state index < -0.39 is 28.7 Å². The van der Waals surface area contributed by atoms with Crippen LogP contribution in [0.5, 0.6) is 0 Å². The number of nitrogens with zero attached hydrogens (tertiary/aromatic N) is 2. The molecule has 202 valence electrons. The summed E-state index contributed by atoms with van der Waals surface area (Å²) in [5.41, 5.74) is 5.09. The number of anilines is 1. The number of carboxylic acids is 1. The summed E-state index contributed by atoms with van der Waals surface area (Å²) in [5, 5.41) is 15.5. The Morgan fingerprint density at radius 3 is 2.19 bits per heavy atom. The van der Waals surface area contributed by atoms with Gasteiger partial charge in [0.1, 0.15) is 11.9 Å². The van der Waals surface area contributed by atoms with Crippen LogP contribution in [0.25, 0.3) is 11.1 Å². The molecule has 1 aromatic carbocycles. The van der Waals surface area contributed by atoms with Crippen molar-refractivity contribution in [2.45, 2.75) is 44.6 Å². The fraction of sp³-hybridized carbons (Fsp3) is 0.520. The first-order valence-corrected chi connectivity index (χ1v) is 12.3. The van der Waals surface area contributed by atoms with E-state index in [1.165, 1.54) is 11.7 Å². The van der Waals surface area contributed by atoms with Gasteiger partial charge in [-0.2, -0.15) is 9.35 Å². The Morgan fingerprint density at radius 2 is 1.68 bits per heavy atom. The Labute approximate surface area is 215 Å². The van der Waals surface area contributed by atoms with Gasteiger partial charge in [-0.05, 0) is 30.4 Å². The summed E-state index contributed by atoms with van der Waals surface area (Å²) >= 11 is 0. The molecule has 1 aliphatic rings. The number of benzene rings is 1. The van der Waals surface area contributed by atoms with Crippen molar-refractivity contribution in [2.75, 3.05) is 51.0 Å². The number of aromatic nitrogens is 2. The summed E-state index contributed by atoms with van der Waals surface area (Å²) in [6.07, 6.45) is 3.94. The van der Waals surface area contributed by atoms with Crippen LogP contribution in [0.4, 0.5) is 5.82 Å². The van der Waals surface area contributed by atoms with Crippen LogP contribution in [0.15, 0.2) is 33.9 Å². The highest BCUT2D eigenvalue weighted by atomic mass is 16.5. The first-order chi connectivity index (χ1) is 17.7. The Morgan fingerprint density at radius 1 is 1.05 bits per heavy atom. The minimum atomic E-state index is -1.12. The fourth-order valence-corrected chi connectivity index (χ4v) is 5.00. The van der Waals surface area contributed by atoms with Crippen LogP contribution in [0, 0.1) is 5.41 Å². The molecule has 1 atom stereocenters. The number of hydrogen-bond donors (Lipinski definition) is 5. The Bertz CT molecular complexity index is 1230. The molecule has 1 aliphatic carbocycles. The third-order valence-electron chi connectivity index (χ3n) is 7.06. The number of amides is 1. The molecule has 12 nitrogen and oxygen atoms in total. The van der Waals surface area contributed by atoms with Crippen LogP contribution in [0.1, 0.15) is 37.7 Å². The molecular weight excluding hydrogens is 480 g/mol. The van der Waals surface area contributed by atoms with E-state index in [0.29, 0.717) is 24.2 Å². The van der Waals surface area contributed by atoms with Gasteiger partial charge in [0.2, 0.25) is 5.91 Å². The molecule has 3 rings (SSSR count). The van der Waals surface area contributed by atoms with Crippen LogP contribution in [0.2, 0.25) is 0 Å². The van der Waals surface area contributed by atoms with Gasteiger partial charge >= 0.3 is 11.7 Å². The molecule has 5 N–H and O–H groups in total. The number of hydrogen-bond acceptors (Lipinski definition) is 8. The predicted octanol–water partition coefficient (Wildman–Crippen LogP) is 0.774. The quantitative estimate of drug-likeness (QED) is 0.275. The maximum Gasteiger partial charge on any atom is 0.370 e. The van der Waals surface area contributed by atoms with Gasteiger partial charge in [0.05, 0.1) is 11.0 Å². The molecule has 1 aromatic heterocycles. The molecule has 1 fully saturated rings. The highest BCUT2D eigenvalue weighted by Crippen LogP contribution is 2.41. The Balaban J connectivity index is 1.87. The van der Waals surface area contributed by atoms with Crippen molar-refractivity contribution < 1.29 is 19.4 Å². The van der Waals surface area contributed by atoms with E-state index in [0.717, 1.165) is 30.4 Å². The Hall–Kier alpha value is -3.80. The van der Waals surface area contributed by atoms with Crippen molar-refractivity contribution in [1.29, 1.82) is 0 Å². The van der Waals surface area contributed by atoms with E-state index in [1.54, 1.807) is 45.5 Å². The highest BCUT2D eigenvalue weighted by molar-refractivity contribution is 5.88. The maximum atomic E-state index is 13.2. The number of methoxy groups -OCH3 is 1. The van der Waals surface area contributed by atoms with E-state index in [4.69, 9.17) is 4.74 Å². The summed E-state index contributed by atoms with van der Waals surface area (Å²) in [4.78, 5) is 50.8. The average molecular weight is 517 g/mol. The lowest BCUT2D eigenvalue weighted by Crippen LogP contribution is -2.49. The monoisotopic (exact) mass is 516 g/mol. The summed E-state index contributed by atoms with van der Waals surface area (Å²) in [6.45, 7) is 0.442. The van der Waals surface area contributed by atoms with Crippen molar-refractivity contribution in [3.05, 3.63) is 50.7 Å². The van der Waals surface area contributed by atoms with Crippen molar-refractivity contribution >= 4 is 17.7 Å². The smallest absolute Gasteiger partial charge is 0.370 e. The number of carbonyl (C=O) groups is 2. The summed E-state index contributed by atoms with van der Waals surface area (Å²) in [6, 6.07) is 5.71. The zero-order valence-corrected chi connectivity index (χ0v) is 21.7. The summed E-state index contributed by atoms with van der Waals surface area (Å²) in [7, 11) is 6.23. The highest BCUT2D eigenvalue weighted by Gasteiger charge is 2.42. The lowest BCUT2D eigenvalue weighted by atomic mass is 9.81. The molecule has 2 aromatic rings. The molecule has 1 amide bonds. The maximum absolute atomic E-state index is 13.2. The number of nitrogens with one attached hydrogen (secondary N) is 4. The minimum Gasteiger partial charge on any atom is -0.480 e. The number of rotatable bonds is 12. The third-order valence-corrected chi connectivity index (χ3v) is 7.06. The largest absolute Gasteiger partial charge is 0.480 e. The van der Waals surface area contributed by atoms with Crippen molar-refractivity contribution in [3.8, 4) is 11.1 Å². The molecule has 1 heterocycles. The molecular formula is C25H36N6O6. The summed E-state index contributed by atoms with van der Waals surface area (Å²) in [5.74, 6) is -1.08. The molecule has 12 heteroatoms. The first kappa shape index (κ1) is 27.8. The molecule has 0 bridgehead atoms. The van der Waals surface area contributed by atoms with Gasteiger partial charge in [-0.1, -0.05) is 37.1 Å². The van der Waals surface area contributed by atoms with Crippen molar-refractivity contribution in [2.24, 2.45) is 5.41 Å². The lowest BCUT2D eigenvalue weighted by molar-refractivity contribution is -0.144.